The van der Waals surface area contributed by atoms with Crippen LogP contribution in [0.4, 0.5) is 0 Å². The fraction of sp³-hybridized carbons (Fsp3) is 0.889. The molecule has 2 heteroatoms. The molecule has 1 aliphatic rings. The summed E-state index contributed by atoms with van der Waals surface area (Å²) in [6.45, 7) is 5.11. The highest BCUT2D eigenvalue weighted by atomic mass is 16.1. The Kier molecular flexibility index (Phi) is 3.06. The Morgan fingerprint density at radius 3 is 3.00 bits per heavy atom. The third-order valence-electron chi connectivity index (χ3n) is 2.48. The number of carbonyl (C=O) groups excluding carboxylic acids is 1. The van der Waals surface area contributed by atoms with Gasteiger partial charge in [0, 0.05) is 24.9 Å². The van der Waals surface area contributed by atoms with E-state index in [1.165, 1.54) is 0 Å². The molecule has 11 heavy (non-hydrogen) atoms. The second-order valence-corrected chi connectivity index (χ2v) is 3.42. The van der Waals surface area contributed by atoms with Crippen molar-refractivity contribution in [1.29, 1.82) is 0 Å². The van der Waals surface area contributed by atoms with E-state index in [9.17, 15) is 4.79 Å². The molecule has 0 aromatic heterocycles. The van der Waals surface area contributed by atoms with Crippen molar-refractivity contribution in [2.75, 3.05) is 6.54 Å². The van der Waals surface area contributed by atoms with Crippen LogP contribution in [0.25, 0.3) is 0 Å². The zero-order valence-corrected chi connectivity index (χ0v) is 7.39. The van der Waals surface area contributed by atoms with Crippen molar-refractivity contribution in [3.8, 4) is 0 Å². The summed E-state index contributed by atoms with van der Waals surface area (Å²) in [7, 11) is 0. The molecule has 0 aromatic carbocycles. The Labute approximate surface area is 68.4 Å². The van der Waals surface area contributed by atoms with Crippen molar-refractivity contribution in [1.82, 2.24) is 5.32 Å². The molecular formula is C9H17NO. The first-order valence-electron chi connectivity index (χ1n) is 4.50. The van der Waals surface area contributed by atoms with Crippen LogP contribution in [0, 0.1) is 5.92 Å². The van der Waals surface area contributed by atoms with E-state index in [-0.39, 0.29) is 5.92 Å². The van der Waals surface area contributed by atoms with Gasteiger partial charge in [0.1, 0.15) is 5.78 Å². The van der Waals surface area contributed by atoms with E-state index in [2.05, 4.69) is 19.2 Å². The third-order valence-corrected chi connectivity index (χ3v) is 2.48. The first-order valence-corrected chi connectivity index (χ1v) is 4.50. The molecule has 0 aromatic rings. The smallest absolute Gasteiger partial charge is 0.137 e. The van der Waals surface area contributed by atoms with Gasteiger partial charge in [-0.3, -0.25) is 4.79 Å². The van der Waals surface area contributed by atoms with Gasteiger partial charge < -0.3 is 5.32 Å². The van der Waals surface area contributed by atoms with Gasteiger partial charge in [-0.15, -0.1) is 0 Å². The van der Waals surface area contributed by atoms with Crippen molar-refractivity contribution in [2.24, 2.45) is 5.92 Å². The van der Waals surface area contributed by atoms with Gasteiger partial charge in [-0.1, -0.05) is 6.92 Å². The molecule has 0 saturated carbocycles. The average Bonchev–Trinajstić information content (AvgIpc) is 2.15. The maximum Gasteiger partial charge on any atom is 0.137 e. The standard InChI is InChI=1S/C9H17NO/c1-3-8-6-10-7(2)4-5-9(8)11/h7-8,10H,3-6H2,1-2H3. The minimum absolute atomic E-state index is 0.278. The van der Waals surface area contributed by atoms with Crippen molar-refractivity contribution < 1.29 is 4.79 Å². The number of rotatable bonds is 1. The number of Topliss-reactive ketones (excluding diaryl/α,β-unsaturated/α-hetero) is 1. The number of hydrogen-bond acceptors (Lipinski definition) is 2. The monoisotopic (exact) mass is 155 g/mol. The number of ketones is 1. The van der Waals surface area contributed by atoms with E-state index < -0.39 is 0 Å². The first kappa shape index (κ1) is 8.72. The molecule has 1 saturated heterocycles. The van der Waals surface area contributed by atoms with Crippen LogP contribution in [0.15, 0.2) is 0 Å². The predicted molar refractivity (Wildman–Crippen MR) is 45.5 cm³/mol. The maximum absolute atomic E-state index is 11.4. The number of nitrogens with one attached hydrogen (secondary N) is 1. The van der Waals surface area contributed by atoms with Crippen LogP contribution in [-0.4, -0.2) is 18.4 Å². The summed E-state index contributed by atoms with van der Waals surface area (Å²) in [5.74, 6) is 0.726. The molecule has 2 nitrogen and oxygen atoms in total. The zero-order valence-electron chi connectivity index (χ0n) is 7.39. The highest BCUT2D eigenvalue weighted by molar-refractivity contribution is 5.81. The number of hydrogen-bond donors (Lipinski definition) is 1. The van der Waals surface area contributed by atoms with Crippen LogP contribution >= 0.6 is 0 Å². The van der Waals surface area contributed by atoms with Gasteiger partial charge in [0.2, 0.25) is 0 Å². The lowest BCUT2D eigenvalue weighted by Gasteiger charge is -2.10. The molecule has 0 amide bonds. The van der Waals surface area contributed by atoms with Gasteiger partial charge in [0.05, 0.1) is 0 Å². The maximum atomic E-state index is 11.4. The largest absolute Gasteiger partial charge is 0.314 e. The summed E-state index contributed by atoms with van der Waals surface area (Å²) in [6.07, 6.45) is 2.76. The lowest BCUT2D eigenvalue weighted by atomic mass is 9.99. The topological polar surface area (TPSA) is 29.1 Å². The predicted octanol–water partition coefficient (Wildman–Crippen LogP) is 1.35. The van der Waals surface area contributed by atoms with Gasteiger partial charge in [0.15, 0.2) is 0 Å². The molecule has 0 radical (unpaired) electrons. The molecule has 1 rings (SSSR count). The fourth-order valence-corrected chi connectivity index (χ4v) is 1.49. The van der Waals surface area contributed by atoms with E-state index in [1.54, 1.807) is 0 Å². The summed E-state index contributed by atoms with van der Waals surface area (Å²) in [6, 6.07) is 0.524. The second-order valence-electron chi connectivity index (χ2n) is 3.42. The minimum Gasteiger partial charge on any atom is -0.314 e. The van der Waals surface area contributed by atoms with Crippen molar-refractivity contribution >= 4 is 5.78 Å². The van der Waals surface area contributed by atoms with Crippen LogP contribution in [-0.2, 0) is 4.79 Å². The fourth-order valence-electron chi connectivity index (χ4n) is 1.49. The molecule has 0 spiro atoms. The van der Waals surface area contributed by atoms with Crippen LogP contribution < -0.4 is 5.32 Å². The second kappa shape index (κ2) is 3.86. The summed E-state index contributed by atoms with van der Waals surface area (Å²) < 4.78 is 0. The Morgan fingerprint density at radius 2 is 2.36 bits per heavy atom. The Morgan fingerprint density at radius 1 is 1.64 bits per heavy atom. The summed E-state index contributed by atoms with van der Waals surface area (Å²) in [5, 5.41) is 3.36. The van der Waals surface area contributed by atoms with E-state index in [0.29, 0.717) is 11.8 Å². The van der Waals surface area contributed by atoms with Gasteiger partial charge in [-0.25, -0.2) is 0 Å². The van der Waals surface area contributed by atoms with Gasteiger partial charge in [0.25, 0.3) is 0 Å². The molecule has 2 atom stereocenters. The summed E-state index contributed by atoms with van der Waals surface area (Å²) in [5.41, 5.74) is 0. The molecule has 2 unspecified atom stereocenters. The van der Waals surface area contributed by atoms with Crippen molar-refractivity contribution in [3.63, 3.8) is 0 Å². The Balaban J connectivity index is 2.48. The molecule has 1 heterocycles. The number of carbonyl (C=O) groups is 1. The zero-order chi connectivity index (χ0) is 8.27. The van der Waals surface area contributed by atoms with E-state index in [0.717, 1.165) is 25.8 Å². The summed E-state index contributed by atoms with van der Waals surface area (Å²) >= 11 is 0. The highest BCUT2D eigenvalue weighted by Crippen LogP contribution is 2.13. The van der Waals surface area contributed by atoms with Gasteiger partial charge >= 0.3 is 0 Å². The van der Waals surface area contributed by atoms with Crippen LogP contribution in [0.1, 0.15) is 33.1 Å². The molecule has 1 fully saturated rings. The summed E-state index contributed by atoms with van der Waals surface area (Å²) in [4.78, 5) is 11.4. The molecule has 1 N–H and O–H groups in total. The average molecular weight is 155 g/mol. The molecular weight excluding hydrogens is 138 g/mol. The SMILES string of the molecule is CCC1CNC(C)CCC1=O. The van der Waals surface area contributed by atoms with Crippen LogP contribution in [0.2, 0.25) is 0 Å². The van der Waals surface area contributed by atoms with Gasteiger partial charge in [-0.05, 0) is 19.8 Å². The molecule has 0 aliphatic carbocycles. The van der Waals surface area contributed by atoms with E-state index >= 15 is 0 Å². The molecule has 0 bridgehead atoms. The minimum atomic E-state index is 0.278. The van der Waals surface area contributed by atoms with Crippen molar-refractivity contribution in [3.05, 3.63) is 0 Å². The van der Waals surface area contributed by atoms with Crippen molar-refractivity contribution in [2.45, 2.75) is 39.2 Å². The van der Waals surface area contributed by atoms with E-state index in [1.807, 2.05) is 0 Å². The lowest BCUT2D eigenvalue weighted by Crippen LogP contribution is -2.29. The Bertz CT molecular complexity index is 144. The molecule has 1 aliphatic heterocycles. The molecule has 64 valence electrons. The Hall–Kier alpha value is -0.370. The van der Waals surface area contributed by atoms with Crippen LogP contribution in [0.5, 0.6) is 0 Å². The normalized spacial score (nSPS) is 33.5. The lowest BCUT2D eigenvalue weighted by molar-refractivity contribution is -0.122. The highest BCUT2D eigenvalue weighted by Gasteiger charge is 2.20. The quantitative estimate of drug-likeness (QED) is 0.619. The van der Waals surface area contributed by atoms with Crippen LogP contribution in [0.3, 0.4) is 0 Å². The third kappa shape index (κ3) is 2.29. The first-order chi connectivity index (χ1) is 5.24. The van der Waals surface area contributed by atoms with Gasteiger partial charge in [-0.2, -0.15) is 0 Å². The van der Waals surface area contributed by atoms with E-state index in [4.69, 9.17) is 0 Å².